The zero-order chi connectivity index (χ0) is 10.8. The Balaban J connectivity index is 3.09. The molecule has 0 saturated heterocycles. The van der Waals surface area contributed by atoms with Crippen molar-refractivity contribution in [2.75, 3.05) is 5.88 Å². The maximum absolute atomic E-state index is 10.4. The standard InChI is InChI=1S/C10H18Cl2O2/c11-8-6-4-2-1-3-5-7-9(12)10(13)14/h9H,1-8H2,(H,13,14). The van der Waals surface area contributed by atoms with E-state index in [1.54, 1.807) is 0 Å². The molecule has 2 nitrogen and oxygen atoms in total. The van der Waals surface area contributed by atoms with E-state index in [0.29, 0.717) is 6.42 Å². The molecule has 0 aromatic heterocycles. The number of aliphatic carboxylic acids is 1. The molecule has 0 bridgehead atoms. The Labute approximate surface area is 95.6 Å². The van der Waals surface area contributed by atoms with Crippen LogP contribution < -0.4 is 0 Å². The van der Waals surface area contributed by atoms with Crippen LogP contribution in [0.15, 0.2) is 0 Å². The quantitative estimate of drug-likeness (QED) is 0.494. The zero-order valence-corrected chi connectivity index (χ0v) is 9.86. The molecule has 84 valence electrons. The zero-order valence-electron chi connectivity index (χ0n) is 8.35. The van der Waals surface area contributed by atoms with Gasteiger partial charge in [-0.2, -0.15) is 0 Å². The Bertz CT molecular complexity index is 151. The van der Waals surface area contributed by atoms with E-state index in [4.69, 9.17) is 28.3 Å². The first kappa shape index (κ1) is 14.1. The Morgan fingerprint density at radius 1 is 1.07 bits per heavy atom. The van der Waals surface area contributed by atoms with E-state index < -0.39 is 11.3 Å². The monoisotopic (exact) mass is 240 g/mol. The Hall–Kier alpha value is 0.0500. The second-order valence-corrected chi connectivity index (χ2v) is 4.31. The minimum absolute atomic E-state index is 0.576. The van der Waals surface area contributed by atoms with E-state index in [0.717, 1.165) is 31.6 Å². The van der Waals surface area contributed by atoms with Crippen molar-refractivity contribution in [2.45, 2.75) is 50.3 Å². The summed E-state index contributed by atoms with van der Waals surface area (Å²) < 4.78 is 0. The molecule has 0 rings (SSSR count). The van der Waals surface area contributed by atoms with E-state index in [2.05, 4.69) is 0 Å². The number of hydrogen-bond donors (Lipinski definition) is 1. The molecular weight excluding hydrogens is 223 g/mol. The third kappa shape index (κ3) is 8.64. The predicted molar refractivity (Wildman–Crippen MR) is 60.3 cm³/mol. The van der Waals surface area contributed by atoms with Gasteiger partial charge in [-0.25, -0.2) is 0 Å². The number of halogens is 2. The van der Waals surface area contributed by atoms with Crippen LogP contribution in [0.4, 0.5) is 0 Å². The van der Waals surface area contributed by atoms with Crippen LogP contribution >= 0.6 is 23.2 Å². The summed E-state index contributed by atoms with van der Waals surface area (Å²) in [5, 5.41) is 7.80. The maximum Gasteiger partial charge on any atom is 0.321 e. The second-order valence-electron chi connectivity index (χ2n) is 3.40. The number of hydrogen-bond acceptors (Lipinski definition) is 1. The number of unbranched alkanes of at least 4 members (excludes halogenated alkanes) is 5. The minimum atomic E-state index is -0.909. The van der Waals surface area contributed by atoms with Crippen LogP contribution in [0.5, 0.6) is 0 Å². The normalized spacial score (nSPS) is 12.7. The van der Waals surface area contributed by atoms with Gasteiger partial charge < -0.3 is 5.11 Å². The fourth-order valence-electron chi connectivity index (χ4n) is 1.25. The van der Waals surface area contributed by atoms with Gasteiger partial charge in [0.25, 0.3) is 0 Å². The highest BCUT2D eigenvalue weighted by atomic mass is 35.5. The average molecular weight is 241 g/mol. The maximum atomic E-state index is 10.4. The summed E-state index contributed by atoms with van der Waals surface area (Å²) in [5.74, 6) is -0.170. The van der Waals surface area contributed by atoms with Crippen LogP contribution in [0.3, 0.4) is 0 Å². The molecule has 1 N–H and O–H groups in total. The van der Waals surface area contributed by atoms with Crippen molar-refractivity contribution in [3.8, 4) is 0 Å². The van der Waals surface area contributed by atoms with E-state index in [1.807, 2.05) is 0 Å². The summed E-state index contributed by atoms with van der Waals surface area (Å²) in [6.07, 6.45) is 7.14. The first-order chi connectivity index (χ1) is 6.68. The average Bonchev–Trinajstić information content (AvgIpc) is 2.16. The van der Waals surface area contributed by atoms with E-state index in [-0.39, 0.29) is 0 Å². The van der Waals surface area contributed by atoms with Crippen molar-refractivity contribution in [3.63, 3.8) is 0 Å². The summed E-state index contributed by atoms with van der Waals surface area (Å²) in [7, 11) is 0. The molecule has 0 radical (unpaired) electrons. The van der Waals surface area contributed by atoms with Crippen LogP contribution in [0, 0.1) is 0 Å². The number of rotatable bonds is 9. The summed E-state index contributed by atoms with van der Waals surface area (Å²) in [5.41, 5.74) is 0. The Morgan fingerprint density at radius 2 is 1.57 bits per heavy atom. The van der Waals surface area contributed by atoms with Gasteiger partial charge in [-0.3, -0.25) is 4.79 Å². The molecule has 0 aromatic carbocycles. The van der Waals surface area contributed by atoms with Crippen LogP contribution in [0.25, 0.3) is 0 Å². The van der Waals surface area contributed by atoms with Gasteiger partial charge in [0.05, 0.1) is 0 Å². The van der Waals surface area contributed by atoms with Gasteiger partial charge in [-0.1, -0.05) is 32.1 Å². The van der Waals surface area contributed by atoms with Gasteiger partial charge in [-0.15, -0.1) is 23.2 Å². The molecular formula is C10H18Cl2O2. The van der Waals surface area contributed by atoms with E-state index >= 15 is 0 Å². The summed E-state index contributed by atoms with van der Waals surface area (Å²) in [6, 6.07) is 0. The first-order valence-electron chi connectivity index (χ1n) is 5.11. The van der Waals surface area contributed by atoms with E-state index in [9.17, 15) is 4.79 Å². The fourth-order valence-corrected chi connectivity index (χ4v) is 1.59. The molecule has 0 spiro atoms. The van der Waals surface area contributed by atoms with Crippen molar-refractivity contribution in [1.82, 2.24) is 0 Å². The summed E-state index contributed by atoms with van der Waals surface area (Å²) >= 11 is 11.1. The van der Waals surface area contributed by atoms with Gasteiger partial charge >= 0.3 is 5.97 Å². The minimum Gasteiger partial charge on any atom is -0.480 e. The molecule has 14 heavy (non-hydrogen) atoms. The lowest BCUT2D eigenvalue weighted by Gasteiger charge is -2.03. The molecule has 0 heterocycles. The van der Waals surface area contributed by atoms with Gasteiger partial charge in [-0.05, 0) is 12.8 Å². The third-order valence-corrected chi connectivity index (χ3v) is 2.78. The number of carboxylic acids is 1. The van der Waals surface area contributed by atoms with Crippen molar-refractivity contribution in [2.24, 2.45) is 0 Å². The lowest BCUT2D eigenvalue weighted by Crippen LogP contribution is -2.12. The van der Waals surface area contributed by atoms with Crippen LogP contribution in [0.2, 0.25) is 0 Å². The molecule has 0 aliphatic heterocycles. The highest BCUT2D eigenvalue weighted by Crippen LogP contribution is 2.12. The molecule has 0 aromatic rings. The highest BCUT2D eigenvalue weighted by Gasteiger charge is 2.11. The van der Waals surface area contributed by atoms with Crippen molar-refractivity contribution in [3.05, 3.63) is 0 Å². The fraction of sp³-hybridized carbons (Fsp3) is 0.900. The molecule has 4 heteroatoms. The second kappa shape index (κ2) is 9.60. The molecule has 0 saturated carbocycles. The Kier molecular flexibility index (Phi) is 9.63. The van der Waals surface area contributed by atoms with Gasteiger partial charge in [0, 0.05) is 5.88 Å². The molecule has 0 amide bonds. The number of carbonyl (C=O) groups is 1. The van der Waals surface area contributed by atoms with Crippen LogP contribution in [0.1, 0.15) is 44.9 Å². The Morgan fingerprint density at radius 3 is 2.07 bits per heavy atom. The first-order valence-corrected chi connectivity index (χ1v) is 6.08. The summed E-state index contributed by atoms with van der Waals surface area (Å²) in [6.45, 7) is 0. The SMILES string of the molecule is O=C(O)C(Cl)CCCCCCCCCl. The van der Waals surface area contributed by atoms with Crippen molar-refractivity contribution >= 4 is 29.2 Å². The van der Waals surface area contributed by atoms with Gasteiger partial charge in [0.15, 0.2) is 0 Å². The lowest BCUT2D eigenvalue weighted by molar-refractivity contribution is -0.136. The molecule has 1 unspecified atom stereocenters. The smallest absolute Gasteiger partial charge is 0.321 e. The molecule has 0 aliphatic carbocycles. The highest BCUT2D eigenvalue weighted by molar-refractivity contribution is 6.29. The van der Waals surface area contributed by atoms with Crippen LogP contribution in [-0.4, -0.2) is 22.3 Å². The van der Waals surface area contributed by atoms with E-state index in [1.165, 1.54) is 12.8 Å². The largest absolute Gasteiger partial charge is 0.480 e. The van der Waals surface area contributed by atoms with Gasteiger partial charge in [0.1, 0.15) is 5.38 Å². The van der Waals surface area contributed by atoms with Crippen molar-refractivity contribution in [1.29, 1.82) is 0 Å². The lowest BCUT2D eigenvalue weighted by atomic mass is 10.1. The van der Waals surface area contributed by atoms with Gasteiger partial charge in [0.2, 0.25) is 0 Å². The molecule has 0 aliphatic rings. The number of alkyl halides is 2. The molecule has 1 atom stereocenters. The third-order valence-electron chi connectivity index (χ3n) is 2.11. The molecule has 0 fully saturated rings. The summed E-state index contributed by atoms with van der Waals surface area (Å²) in [4.78, 5) is 10.4. The van der Waals surface area contributed by atoms with Crippen molar-refractivity contribution < 1.29 is 9.90 Å². The predicted octanol–water partition coefficient (Wildman–Crippen LogP) is 3.65. The number of carboxylic acid groups (broad SMARTS) is 1. The topological polar surface area (TPSA) is 37.3 Å². The van der Waals surface area contributed by atoms with Crippen LogP contribution in [-0.2, 0) is 4.79 Å².